The van der Waals surface area contributed by atoms with Gasteiger partial charge in [-0.15, -0.1) is 0 Å². The van der Waals surface area contributed by atoms with Crippen molar-refractivity contribution in [1.29, 1.82) is 0 Å². The number of carbonyl (C=O) groups excluding carboxylic acids is 1. The lowest BCUT2D eigenvalue weighted by molar-refractivity contribution is 0.0526. The number of hydrogen-bond donors (Lipinski definition) is 1. The highest BCUT2D eigenvalue weighted by Crippen LogP contribution is 2.03. The summed E-state index contributed by atoms with van der Waals surface area (Å²) in [5.41, 5.74) is -0.164. The van der Waals surface area contributed by atoms with E-state index in [4.69, 9.17) is 4.74 Å². The Balaban J connectivity index is 2.81. The van der Waals surface area contributed by atoms with E-state index in [9.17, 15) is 9.90 Å². The molecule has 0 aromatic carbocycles. The Morgan fingerprint density at radius 2 is 2.24 bits per heavy atom. The fraction of sp³-hybridized carbons (Fsp3) is 0.385. The molecule has 0 saturated carbocycles. The second kappa shape index (κ2) is 5.46. The molecule has 90 valence electrons. The minimum atomic E-state index is -1.05. The van der Waals surface area contributed by atoms with Crippen LogP contribution < -0.4 is 0 Å². The molecule has 4 nitrogen and oxygen atoms in total. The zero-order valence-corrected chi connectivity index (χ0v) is 10.2. The van der Waals surface area contributed by atoms with Crippen LogP contribution in [-0.2, 0) is 4.74 Å². The lowest BCUT2D eigenvalue weighted by Gasteiger charge is -2.05. The Labute approximate surface area is 101 Å². The zero-order chi connectivity index (χ0) is 12.9. The van der Waals surface area contributed by atoms with Gasteiger partial charge in [0.2, 0.25) is 0 Å². The van der Waals surface area contributed by atoms with Gasteiger partial charge in [-0.05, 0) is 38.8 Å². The van der Waals surface area contributed by atoms with Gasteiger partial charge in [-0.3, -0.25) is 0 Å². The first-order valence-corrected chi connectivity index (χ1v) is 5.31. The Bertz CT molecular complexity index is 446. The highest BCUT2D eigenvalue weighted by atomic mass is 16.5. The second-order valence-corrected chi connectivity index (χ2v) is 3.96. The lowest BCUT2D eigenvalue weighted by Crippen LogP contribution is -2.14. The molecule has 0 spiro atoms. The van der Waals surface area contributed by atoms with Crippen LogP contribution in [0.1, 0.15) is 36.8 Å². The third kappa shape index (κ3) is 4.66. The molecule has 0 aliphatic heterocycles. The Morgan fingerprint density at radius 1 is 1.53 bits per heavy atom. The molecule has 0 bridgehead atoms. The van der Waals surface area contributed by atoms with Crippen LogP contribution in [0.4, 0.5) is 0 Å². The van der Waals surface area contributed by atoms with Crippen molar-refractivity contribution in [3.05, 3.63) is 29.6 Å². The molecule has 0 saturated heterocycles. The summed E-state index contributed by atoms with van der Waals surface area (Å²) in [6, 6.07) is 3.21. The van der Waals surface area contributed by atoms with Gasteiger partial charge in [0.1, 0.15) is 11.3 Å². The summed E-state index contributed by atoms with van der Waals surface area (Å²) in [7, 11) is 0. The summed E-state index contributed by atoms with van der Waals surface area (Å²) < 4.78 is 4.83. The molecule has 1 rings (SSSR count). The maximum Gasteiger partial charge on any atom is 0.339 e. The summed E-state index contributed by atoms with van der Waals surface area (Å²) in [6.07, 6.45) is 1.41. The number of rotatable bonds is 2. The number of esters is 1. The number of hydrogen-bond acceptors (Lipinski definition) is 4. The van der Waals surface area contributed by atoms with Crippen LogP contribution in [0.25, 0.3) is 0 Å². The fourth-order valence-corrected chi connectivity index (χ4v) is 1.02. The van der Waals surface area contributed by atoms with Gasteiger partial charge in [-0.2, -0.15) is 0 Å². The van der Waals surface area contributed by atoms with Gasteiger partial charge in [0.05, 0.1) is 12.2 Å². The van der Waals surface area contributed by atoms with Gasteiger partial charge in [0.25, 0.3) is 0 Å². The molecule has 0 aliphatic rings. The van der Waals surface area contributed by atoms with Crippen molar-refractivity contribution in [2.45, 2.75) is 26.4 Å². The zero-order valence-electron chi connectivity index (χ0n) is 10.2. The molecule has 1 heterocycles. The van der Waals surface area contributed by atoms with Crippen molar-refractivity contribution in [2.75, 3.05) is 6.61 Å². The standard InChI is InChI=1S/C13H15NO3/c1-4-17-12(15)10-5-6-11(14-9-10)7-8-13(2,3)16/h5-6,9,16H,4H2,1-3H3. The van der Waals surface area contributed by atoms with Crippen LogP contribution >= 0.6 is 0 Å². The second-order valence-electron chi connectivity index (χ2n) is 3.96. The first kappa shape index (κ1) is 13.2. The van der Waals surface area contributed by atoms with E-state index >= 15 is 0 Å². The molecular formula is C13H15NO3. The minimum absolute atomic E-state index is 0.332. The van der Waals surface area contributed by atoms with Gasteiger partial charge in [0.15, 0.2) is 0 Å². The number of ether oxygens (including phenoxy) is 1. The highest BCUT2D eigenvalue weighted by molar-refractivity contribution is 5.89. The molecule has 0 unspecified atom stereocenters. The fourth-order valence-electron chi connectivity index (χ4n) is 1.02. The van der Waals surface area contributed by atoms with E-state index in [1.165, 1.54) is 6.20 Å². The van der Waals surface area contributed by atoms with E-state index in [2.05, 4.69) is 16.8 Å². The third-order valence-electron chi connectivity index (χ3n) is 1.77. The minimum Gasteiger partial charge on any atom is -0.462 e. The summed E-state index contributed by atoms with van der Waals surface area (Å²) in [4.78, 5) is 15.3. The molecule has 0 amide bonds. The monoisotopic (exact) mass is 233 g/mol. The van der Waals surface area contributed by atoms with Crippen molar-refractivity contribution >= 4 is 5.97 Å². The van der Waals surface area contributed by atoms with Crippen molar-refractivity contribution in [2.24, 2.45) is 0 Å². The molecule has 4 heteroatoms. The van der Waals surface area contributed by atoms with Gasteiger partial charge in [-0.25, -0.2) is 9.78 Å². The third-order valence-corrected chi connectivity index (χ3v) is 1.77. The topological polar surface area (TPSA) is 59.4 Å². The number of pyridine rings is 1. The van der Waals surface area contributed by atoms with E-state index < -0.39 is 11.6 Å². The molecule has 0 radical (unpaired) electrons. The quantitative estimate of drug-likeness (QED) is 0.619. The Kier molecular flexibility index (Phi) is 4.24. The lowest BCUT2D eigenvalue weighted by atomic mass is 10.1. The van der Waals surface area contributed by atoms with E-state index in [1.807, 2.05) is 0 Å². The van der Waals surface area contributed by atoms with E-state index in [1.54, 1.807) is 32.9 Å². The van der Waals surface area contributed by atoms with Crippen LogP contribution in [-0.4, -0.2) is 28.3 Å². The average molecular weight is 233 g/mol. The van der Waals surface area contributed by atoms with Gasteiger partial charge < -0.3 is 9.84 Å². The molecule has 1 N–H and O–H groups in total. The summed E-state index contributed by atoms with van der Waals surface area (Å²) in [5.74, 6) is 4.96. The average Bonchev–Trinajstić information content (AvgIpc) is 2.26. The van der Waals surface area contributed by atoms with Crippen molar-refractivity contribution < 1.29 is 14.6 Å². The van der Waals surface area contributed by atoms with Crippen LogP contribution in [0, 0.1) is 11.8 Å². The number of aromatic nitrogens is 1. The summed E-state index contributed by atoms with van der Waals surface area (Å²) in [5, 5.41) is 9.42. The van der Waals surface area contributed by atoms with Crippen LogP contribution in [0.5, 0.6) is 0 Å². The van der Waals surface area contributed by atoms with Gasteiger partial charge in [0, 0.05) is 6.20 Å². The Morgan fingerprint density at radius 3 is 2.71 bits per heavy atom. The molecule has 0 aliphatic carbocycles. The van der Waals surface area contributed by atoms with E-state index in [0.717, 1.165) is 0 Å². The SMILES string of the molecule is CCOC(=O)c1ccc(C#CC(C)(C)O)nc1. The first-order chi connectivity index (χ1) is 7.92. The van der Waals surface area contributed by atoms with E-state index in [0.29, 0.717) is 17.9 Å². The van der Waals surface area contributed by atoms with E-state index in [-0.39, 0.29) is 0 Å². The van der Waals surface area contributed by atoms with Crippen LogP contribution in [0.2, 0.25) is 0 Å². The van der Waals surface area contributed by atoms with Gasteiger partial charge in [-0.1, -0.05) is 5.92 Å². The maximum atomic E-state index is 11.3. The number of nitrogens with zero attached hydrogens (tertiary/aromatic N) is 1. The smallest absolute Gasteiger partial charge is 0.339 e. The van der Waals surface area contributed by atoms with Crippen molar-refractivity contribution in [3.8, 4) is 11.8 Å². The number of carbonyl (C=O) groups is 1. The first-order valence-electron chi connectivity index (χ1n) is 5.31. The molecule has 17 heavy (non-hydrogen) atoms. The van der Waals surface area contributed by atoms with Crippen LogP contribution in [0.15, 0.2) is 18.3 Å². The molecular weight excluding hydrogens is 218 g/mol. The summed E-state index contributed by atoms with van der Waals surface area (Å²) in [6.45, 7) is 5.26. The Hall–Kier alpha value is -1.86. The van der Waals surface area contributed by atoms with Crippen molar-refractivity contribution in [1.82, 2.24) is 4.98 Å². The molecule has 0 atom stereocenters. The normalized spacial score (nSPS) is 10.4. The number of aliphatic hydroxyl groups is 1. The molecule has 1 aromatic rings. The largest absolute Gasteiger partial charge is 0.462 e. The highest BCUT2D eigenvalue weighted by Gasteiger charge is 2.07. The predicted molar refractivity (Wildman–Crippen MR) is 63.4 cm³/mol. The van der Waals surface area contributed by atoms with Crippen molar-refractivity contribution in [3.63, 3.8) is 0 Å². The maximum absolute atomic E-state index is 11.3. The van der Waals surface area contributed by atoms with Gasteiger partial charge >= 0.3 is 5.97 Å². The predicted octanol–water partition coefficient (Wildman–Crippen LogP) is 1.38. The van der Waals surface area contributed by atoms with Crippen LogP contribution in [0.3, 0.4) is 0 Å². The molecule has 0 fully saturated rings. The summed E-state index contributed by atoms with van der Waals surface area (Å²) >= 11 is 0. The molecule has 1 aromatic heterocycles.